The molecule has 1 amide bonds. The molecule has 28 heavy (non-hydrogen) atoms. The Kier molecular flexibility index (Phi) is 5.44. The predicted molar refractivity (Wildman–Crippen MR) is 105 cm³/mol. The van der Waals surface area contributed by atoms with Gasteiger partial charge < -0.3 is 14.7 Å². The zero-order valence-corrected chi connectivity index (χ0v) is 15.7. The summed E-state index contributed by atoms with van der Waals surface area (Å²) in [7, 11) is 0. The highest BCUT2D eigenvalue weighted by atomic mass is 16.5. The minimum absolute atomic E-state index is 0.0123. The Labute approximate surface area is 164 Å². The zero-order chi connectivity index (χ0) is 19.5. The SMILES string of the molecule is O=C(O)C1CN(C(=O)C2CCCOC2c2ccccc2)CC1c1ccccc1. The Bertz CT molecular complexity index is 823. The fourth-order valence-corrected chi connectivity index (χ4v) is 4.51. The first-order chi connectivity index (χ1) is 13.6. The van der Waals surface area contributed by atoms with E-state index in [0.717, 1.165) is 24.0 Å². The van der Waals surface area contributed by atoms with Gasteiger partial charge in [-0.05, 0) is 24.0 Å². The molecule has 2 saturated heterocycles. The first kappa shape index (κ1) is 18.7. The Hall–Kier alpha value is -2.66. The van der Waals surface area contributed by atoms with E-state index in [-0.39, 0.29) is 30.4 Å². The molecule has 0 spiro atoms. The van der Waals surface area contributed by atoms with Crippen LogP contribution in [0.2, 0.25) is 0 Å². The lowest BCUT2D eigenvalue weighted by molar-refractivity contribution is -0.145. The molecule has 2 aromatic rings. The van der Waals surface area contributed by atoms with Crippen LogP contribution in [0.4, 0.5) is 0 Å². The average Bonchev–Trinajstić information content (AvgIpc) is 3.20. The van der Waals surface area contributed by atoms with Crippen molar-refractivity contribution in [3.05, 3.63) is 71.8 Å². The molecular weight excluding hydrogens is 354 g/mol. The molecule has 0 saturated carbocycles. The van der Waals surface area contributed by atoms with Gasteiger partial charge in [-0.15, -0.1) is 0 Å². The lowest BCUT2D eigenvalue weighted by atomic mass is 9.88. The first-order valence-electron chi connectivity index (χ1n) is 9.88. The number of aliphatic carboxylic acids is 1. The van der Waals surface area contributed by atoms with Crippen molar-refractivity contribution in [2.75, 3.05) is 19.7 Å². The van der Waals surface area contributed by atoms with Crippen LogP contribution in [0.15, 0.2) is 60.7 Å². The molecule has 2 fully saturated rings. The maximum Gasteiger partial charge on any atom is 0.308 e. The van der Waals surface area contributed by atoms with Gasteiger partial charge in [0.25, 0.3) is 0 Å². The van der Waals surface area contributed by atoms with Crippen LogP contribution in [0.25, 0.3) is 0 Å². The number of carbonyl (C=O) groups is 2. The first-order valence-corrected chi connectivity index (χ1v) is 9.88. The third-order valence-electron chi connectivity index (χ3n) is 5.94. The second-order valence-electron chi connectivity index (χ2n) is 7.66. The number of carbonyl (C=O) groups excluding carboxylic acids is 1. The number of hydrogen-bond donors (Lipinski definition) is 1. The van der Waals surface area contributed by atoms with Gasteiger partial charge in [-0.25, -0.2) is 0 Å². The van der Waals surface area contributed by atoms with Gasteiger partial charge in [0, 0.05) is 25.6 Å². The highest BCUT2D eigenvalue weighted by molar-refractivity contribution is 5.82. The summed E-state index contributed by atoms with van der Waals surface area (Å²) in [5.74, 6) is -1.85. The smallest absolute Gasteiger partial charge is 0.308 e. The zero-order valence-electron chi connectivity index (χ0n) is 15.7. The maximum absolute atomic E-state index is 13.4. The van der Waals surface area contributed by atoms with Gasteiger partial charge in [-0.1, -0.05) is 60.7 Å². The molecule has 0 radical (unpaired) electrons. The molecule has 0 bridgehead atoms. The number of rotatable bonds is 4. The van der Waals surface area contributed by atoms with Crippen molar-refractivity contribution in [1.82, 2.24) is 4.90 Å². The summed E-state index contributed by atoms with van der Waals surface area (Å²) in [5.41, 5.74) is 1.99. The Morgan fingerprint density at radius 3 is 2.18 bits per heavy atom. The van der Waals surface area contributed by atoms with Crippen LogP contribution < -0.4 is 0 Å². The molecular formula is C23H25NO4. The van der Waals surface area contributed by atoms with E-state index in [4.69, 9.17) is 4.74 Å². The third-order valence-corrected chi connectivity index (χ3v) is 5.94. The molecule has 2 aliphatic rings. The summed E-state index contributed by atoms with van der Waals surface area (Å²) in [5, 5.41) is 9.72. The molecule has 1 N–H and O–H groups in total. The van der Waals surface area contributed by atoms with Crippen LogP contribution in [0.3, 0.4) is 0 Å². The van der Waals surface area contributed by atoms with Crippen molar-refractivity contribution in [1.29, 1.82) is 0 Å². The summed E-state index contributed by atoms with van der Waals surface area (Å²) in [6, 6.07) is 19.5. The number of carboxylic acids is 1. The number of ether oxygens (including phenoxy) is 1. The Morgan fingerprint density at radius 1 is 0.893 bits per heavy atom. The summed E-state index contributed by atoms with van der Waals surface area (Å²) >= 11 is 0. The molecule has 4 rings (SSSR count). The van der Waals surface area contributed by atoms with Crippen LogP contribution in [0.5, 0.6) is 0 Å². The lowest BCUT2D eigenvalue weighted by Crippen LogP contribution is -2.40. The molecule has 0 aliphatic carbocycles. The maximum atomic E-state index is 13.4. The number of nitrogens with zero attached hydrogens (tertiary/aromatic N) is 1. The molecule has 2 aromatic carbocycles. The molecule has 4 unspecified atom stereocenters. The topological polar surface area (TPSA) is 66.8 Å². The minimum Gasteiger partial charge on any atom is -0.481 e. The number of hydrogen-bond acceptors (Lipinski definition) is 3. The van der Waals surface area contributed by atoms with E-state index < -0.39 is 11.9 Å². The fourth-order valence-electron chi connectivity index (χ4n) is 4.51. The highest BCUT2D eigenvalue weighted by Crippen LogP contribution is 2.38. The largest absolute Gasteiger partial charge is 0.481 e. The number of amides is 1. The predicted octanol–water partition coefficient (Wildman–Crippen LogP) is 3.48. The summed E-state index contributed by atoms with van der Waals surface area (Å²) in [6.07, 6.45) is 1.35. The van der Waals surface area contributed by atoms with E-state index >= 15 is 0 Å². The van der Waals surface area contributed by atoms with Crippen LogP contribution >= 0.6 is 0 Å². The van der Waals surface area contributed by atoms with Gasteiger partial charge in [0.1, 0.15) is 0 Å². The molecule has 146 valence electrons. The van der Waals surface area contributed by atoms with Crippen LogP contribution in [-0.4, -0.2) is 41.6 Å². The second-order valence-corrected chi connectivity index (χ2v) is 7.66. The van der Waals surface area contributed by atoms with Gasteiger partial charge in [0.15, 0.2) is 0 Å². The summed E-state index contributed by atoms with van der Waals surface area (Å²) in [6.45, 7) is 1.34. The number of likely N-dealkylation sites (tertiary alicyclic amines) is 1. The van der Waals surface area contributed by atoms with Gasteiger partial charge in [0.2, 0.25) is 5.91 Å². The second kappa shape index (κ2) is 8.15. The van der Waals surface area contributed by atoms with Crippen LogP contribution in [0.1, 0.15) is 36.0 Å². The van der Waals surface area contributed by atoms with E-state index in [1.54, 1.807) is 4.90 Å². The Morgan fingerprint density at radius 2 is 1.54 bits per heavy atom. The van der Waals surface area contributed by atoms with Crippen molar-refractivity contribution in [3.63, 3.8) is 0 Å². The Balaban J connectivity index is 1.56. The molecule has 0 aromatic heterocycles. The molecule has 2 aliphatic heterocycles. The normalized spacial score (nSPS) is 27.5. The van der Waals surface area contributed by atoms with Gasteiger partial charge >= 0.3 is 5.97 Å². The van der Waals surface area contributed by atoms with Crippen LogP contribution in [0, 0.1) is 11.8 Å². The van der Waals surface area contributed by atoms with E-state index in [1.165, 1.54) is 0 Å². The van der Waals surface area contributed by atoms with E-state index in [2.05, 4.69) is 0 Å². The van der Waals surface area contributed by atoms with Gasteiger partial charge in [-0.3, -0.25) is 9.59 Å². The van der Waals surface area contributed by atoms with Crippen molar-refractivity contribution in [2.45, 2.75) is 24.9 Å². The quantitative estimate of drug-likeness (QED) is 0.883. The minimum atomic E-state index is -0.844. The van der Waals surface area contributed by atoms with Crippen LogP contribution in [-0.2, 0) is 14.3 Å². The molecule has 5 heteroatoms. The molecule has 2 heterocycles. The van der Waals surface area contributed by atoms with Gasteiger partial charge in [-0.2, -0.15) is 0 Å². The van der Waals surface area contributed by atoms with Crippen molar-refractivity contribution in [3.8, 4) is 0 Å². The number of carboxylic acid groups (broad SMARTS) is 1. The van der Waals surface area contributed by atoms with Crippen molar-refractivity contribution >= 4 is 11.9 Å². The third kappa shape index (κ3) is 3.67. The summed E-state index contributed by atoms with van der Waals surface area (Å²) < 4.78 is 5.98. The van der Waals surface area contributed by atoms with Crippen molar-refractivity contribution in [2.24, 2.45) is 11.8 Å². The molecule has 4 atom stereocenters. The lowest BCUT2D eigenvalue weighted by Gasteiger charge is -2.33. The standard InChI is InChI=1S/C23H25NO4/c25-22(18-12-7-13-28-21(18)17-10-5-2-6-11-17)24-14-19(20(15-24)23(26)27)16-8-3-1-4-9-16/h1-6,8-11,18-21H,7,12-15H2,(H,26,27). The monoisotopic (exact) mass is 379 g/mol. The fraction of sp³-hybridized carbons (Fsp3) is 0.391. The average molecular weight is 379 g/mol. The van der Waals surface area contributed by atoms with E-state index in [0.29, 0.717) is 13.2 Å². The number of benzene rings is 2. The molecule has 5 nitrogen and oxygen atoms in total. The highest BCUT2D eigenvalue weighted by Gasteiger charge is 2.44. The van der Waals surface area contributed by atoms with Crippen molar-refractivity contribution < 1.29 is 19.4 Å². The van der Waals surface area contributed by atoms with E-state index in [9.17, 15) is 14.7 Å². The van der Waals surface area contributed by atoms with Gasteiger partial charge in [0.05, 0.1) is 17.9 Å². The summed E-state index contributed by atoms with van der Waals surface area (Å²) in [4.78, 5) is 27.0. The van der Waals surface area contributed by atoms with E-state index in [1.807, 2.05) is 60.7 Å².